The lowest BCUT2D eigenvalue weighted by atomic mass is 10.1. The summed E-state index contributed by atoms with van der Waals surface area (Å²) in [5.74, 6) is -0.441. The lowest BCUT2D eigenvalue weighted by Gasteiger charge is -2.08. The number of aromatic nitrogens is 1. The molecule has 0 saturated carbocycles. The van der Waals surface area contributed by atoms with Crippen molar-refractivity contribution in [3.63, 3.8) is 0 Å². The average molecular weight is 354 g/mol. The van der Waals surface area contributed by atoms with Gasteiger partial charge in [0.25, 0.3) is 11.6 Å². The van der Waals surface area contributed by atoms with Crippen molar-refractivity contribution in [2.75, 3.05) is 10.6 Å². The summed E-state index contributed by atoms with van der Waals surface area (Å²) >= 11 is 1.34. The van der Waals surface area contributed by atoms with Gasteiger partial charge in [-0.05, 0) is 31.2 Å². The number of nitro groups is 1. The van der Waals surface area contributed by atoms with Gasteiger partial charge in [-0.15, -0.1) is 11.3 Å². The molecule has 1 aromatic heterocycles. The molecule has 0 aliphatic heterocycles. The first-order chi connectivity index (χ1) is 12.0. The Labute approximate surface area is 147 Å². The lowest BCUT2D eigenvalue weighted by Crippen LogP contribution is -2.12. The van der Waals surface area contributed by atoms with Crippen molar-refractivity contribution >= 4 is 39.4 Å². The second-order valence-electron chi connectivity index (χ2n) is 5.21. The van der Waals surface area contributed by atoms with E-state index in [9.17, 15) is 14.9 Å². The quantitative estimate of drug-likeness (QED) is 0.524. The van der Waals surface area contributed by atoms with Crippen LogP contribution in [0, 0.1) is 17.0 Å². The molecule has 25 heavy (non-hydrogen) atoms. The molecule has 0 saturated heterocycles. The molecule has 2 N–H and O–H groups in total. The van der Waals surface area contributed by atoms with Gasteiger partial charge < -0.3 is 5.32 Å². The highest BCUT2D eigenvalue weighted by Crippen LogP contribution is 2.29. The Balaban J connectivity index is 1.85. The fraction of sp³-hybridized carbons (Fsp3) is 0.0588. The second kappa shape index (κ2) is 7.10. The van der Waals surface area contributed by atoms with Crippen molar-refractivity contribution < 1.29 is 9.72 Å². The van der Waals surface area contributed by atoms with Crippen LogP contribution in [-0.2, 0) is 0 Å². The maximum atomic E-state index is 12.3. The van der Waals surface area contributed by atoms with E-state index >= 15 is 0 Å². The zero-order valence-corrected chi connectivity index (χ0v) is 14.0. The lowest BCUT2D eigenvalue weighted by molar-refractivity contribution is -0.383. The Morgan fingerprint density at radius 1 is 1.20 bits per heavy atom. The van der Waals surface area contributed by atoms with Crippen molar-refractivity contribution in [3.05, 3.63) is 75.3 Å². The van der Waals surface area contributed by atoms with Crippen molar-refractivity contribution in [1.29, 1.82) is 0 Å². The number of nitrogens with one attached hydrogen (secondary N) is 2. The summed E-state index contributed by atoms with van der Waals surface area (Å²) in [6.45, 7) is 1.88. The molecule has 0 radical (unpaired) electrons. The molecule has 0 aliphatic rings. The molecule has 0 aliphatic carbocycles. The van der Waals surface area contributed by atoms with E-state index < -0.39 is 10.8 Å². The minimum absolute atomic E-state index is 0.174. The predicted molar refractivity (Wildman–Crippen MR) is 97.6 cm³/mol. The van der Waals surface area contributed by atoms with E-state index in [-0.39, 0.29) is 11.3 Å². The molecule has 7 nitrogen and oxygen atoms in total. The van der Waals surface area contributed by atoms with Crippen molar-refractivity contribution in [2.45, 2.75) is 6.92 Å². The number of carbonyl (C=O) groups is 1. The molecule has 0 bridgehead atoms. The zero-order chi connectivity index (χ0) is 17.8. The van der Waals surface area contributed by atoms with Crippen LogP contribution in [0.1, 0.15) is 15.2 Å². The average Bonchev–Trinajstić information content (AvgIpc) is 3.00. The van der Waals surface area contributed by atoms with Gasteiger partial charge in [-0.2, -0.15) is 0 Å². The number of nitro benzene ring substituents is 1. The first-order valence-electron chi connectivity index (χ1n) is 7.37. The highest BCUT2D eigenvalue weighted by molar-refractivity contribution is 7.15. The largest absolute Gasteiger partial charge is 0.350 e. The number of benzene rings is 2. The smallest absolute Gasteiger partial charge is 0.293 e. The minimum Gasteiger partial charge on any atom is -0.350 e. The molecule has 1 heterocycles. The summed E-state index contributed by atoms with van der Waals surface area (Å²) in [6, 6.07) is 13.4. The molecular weight excluding hydrogens is 340 g/mol. The highest BCUT2D eigenvalue weighted by atomic mass is 32.1. The van der Waals surface area contributed by atoms with Gasteiger partial charge in [-0.3, -0.25) is 20.2 Å². The highest BCUT2D eigenvalue weighted by Gasteiger charge is 2.18. The third-order valence-corrected chi connectivity index (χ3v) is 4.18. The number of rotatable bonds is 5. The molecular formula is C17H14N4O3S. The Bertz CT molecular complexity index is 925. The second-order valence-corrected chi connectivity index (χ2v) is 6.45. The number of carbonyl (C=O) groups excluding carboxylic acids is 1. The molecule has 0 unspecified atom stereocenters. The Morgan fingerprint density at radius 2 is 1.96 bits per heavy atom. The fourth-order valence-electron chi connectivity index (χ4n) is 2.19. The zero-order valence-electron chi connectivity index (χ0n) is 13.2. The molecule has 8 heteroatoms. The summed E-state index contributed by atoms with van der Waals surface area (Å²) < 4.78 is 0. The third kappa shape index (κ3) is 3.99. The number of nitrogens with zero attached hydrogens (tertiary/aromatic N) is 2. The number of hydrogen-bond acceptors (Lipinski definition) is 6. The van der Waals surface area contributed by atoms with Gasteiger partial charge in [0.2, 0.25) is 0 Å². The number of amides is 1. The molecule has 0 spiro atoms. The van der Waals surface area contributed by atoms with E-state index in [1.807, 2.05) is 25.1 Å². The predicted octanol–water partition coefficient (Wildman–Crippen LogP) is 4.36. The third-order valence-electron chi connectivity index (χ3n) is 3.35. The first kappa shape index (κ1) is 16.6. The summed E-state index contributed by atoms with van der Waals surface area (Å²) in [5, 5.41) is 17.5. The van der Waals surface area contributed by atoms with Crippen LogP contribution in [0.25, 0.3) is 0 Å². The van der Waals surface area contributed by atoms with Crippen LogP contribution in [0.15, 0.2) is 54.7 Å². The van der Waals surface area contributed by atoms with Gasteiger partial charge in [0.05, 0.1) is 4.92 Å². The maximum Gasteiger partial charge on any atom is 0.293 e. The van der Waals surface area contributed by atoms with Crippen LogP contribution >= 0.6 is 11.3 Å². The number of thiazole rings is 1. The van der Waals surface area contributed by atoms with E-state index in [4.69, 9.17) is 0 Å². The summed E-state index contributed by atoms with van der Waals surface area (Å²) in [7, 11) is 0. The molecule has 1 amide bonds. The Hall–Kier alpha value is -3.26. The molecule has 0 fully saturated rings. The van der Waals surface area contributed by atoms with Gasteiger partial charge >= 0.3 is 0 Å². The van der Waals surface area contributed by atoms with Gasteiger partial charge in [0, 0.05) is 28.4 Å². The minimum atomic E-state index is -0.518. The molecule has 0 atom stereocenters. The van der Waals surface area contributed by atoms with Crippen LogP contribution in [0.3, 0.4) is 0 Å². The molecule has 126 valence electrons. The van der Waals surface area contributed by atoms with Crippen LogP contribution < -0.4 is 10.6 Å². The molecule has 3 aromatic rings. The van der Waals surface area contributed by atoms with Crippen LogP contribution in [0.5, 0.6) is 0 Å². The van der Waals surface area contributed by atoms with E-state index in [0.717, 1.165) is 10.6 Å². The van der Waals surface area contributed by atoms with Crippen molar-refractivity contribution in [3.8, 4) is 0 Å². The maximum absolute atomic E-state index is 12.3. The number of para-hydroxylation sites is 1. The summed E-state index contributed by atoms with van der Waals surface area (Å²) in [4.78, 5) is 28.1. The van der Waals surface area contributed by atoms with Crippen LogP contribution in [0.2, 0.25) is 0 Å². The van der Waals surface area contributed by atoms with E-state index in [0.29, 0.717) is 10.8 Å². The summed E-state index contributed by atoms with van der Waals surface area (Å²) in [5.41, 5.74) is 1.06. The number of hydrogen-bond donors (Lipinski definition) is 2. The van der Waals surface area contributed by atoms with Crippen molar-refractivity contribution in [1.82, 2.24) is 4.98 Å². The Morgan fingerprint density at radius 3 is 2.60 bits per heavy atom. The SMILES string of the molecule is Cc1cnc(NC(=O)c2ccc(Nc3ccccc3)c([N+](=O)[O-])c2)s1. The van der Waals surface area contributed by atoms with Gasteiger partial charge in [0.15, 0.2) is 5.13 Å². The normalized spacial score (nSPS) is 10.3. The summed E-state index contributed by atoms with van der Waals surface area (Å²) in [6.07, 6.45) is 1.65. The van der Waals surface area contributed by atoms with Gasteiger partial charge in [-0.25, -0.2) is 4.98 Å². The Kier molecular flexibility index (Phi) is 4.71. The van der Waals surface area contributed by atoms with Crippen LogP contribution in [-0.4, -0.2) is 15.8 Å². The van der Waals surface area contributed by atoms with Gasteiger partial charge in [0.1, 0.15) is 5.69 Å². The van der Waals surface area contributed by atoms with E-state index in [2.05, 4.69) is 15.6 Å². The fourth-order valence-corrected chi connectivity index (χ4v) is 2.85. The van der Waals surface area contributed by atoms with Crippen LogP contribution in [0.4, 0.5) is 22.2 Å². The monoisotopic (exact) mass is 354 g/mol. The number of anilines is 3. The van der Waals surface area contributed by atoms with E-state index in [1.54, 1.807) is 18.3 Å². The van der Waals surface area contributed by atoms with Crippen molar-refractivity contribution in [2.24, 2.45) is 0 Å². The molecule has 2 aromatic carbocycles. The molecule has 3 rings (SSSR count). The number of aryl methyl sites for hydroxylation is 1. The standard InChI is InChI=1S/C17H14N4O3S/c1-11-10-18-17(25-11)20-16(22)12-7-8-14(15(9-12)21(23)24)19-13-5-3-2-4-6-13/h2-10,19H,1H3,(H,18,20,22). The first-order valence-corrected chi connectivity index (χ1v) is 8.19. The van der Waals surface area contributed by atoms with E-state index in [1.165, 1.54) is 29.5 Å². The van der Waals surface area contributed by atoms with Gasteiger partial charge in [-0.1, -0.05) is 18.2 Å². The topological polar surface area (TPSA) is 97.2 Å².